The van der Waals surface area contributed by atoms with Crippen molar-refractivity contribution in [1.29, 1.82) is 0 Å². The van der Waals surface area contributed by atoms with Crippen LogP contribution in [0.3, 0.4) is 0 Å². The largest absolute Gasteiger partial charge is 0.353 e. The van der Waals surface area contributed by atoms with Gasteiger partial charge in [0, 0.05) is 0 Å². The molecule has 118 valence electrons. The van der Waals surface area contributed by atoms with E-state index in [9.17, 15) is 8.42 Å². The van der Waals surface area contributed by atoms with Crippen molar-refractivity contribution in [3.05, 3.63) is 60.7 Å². The van der Waals surface area contributed by atoms with Crippen LogP contribution < -0.4 is 5.40 Å². The number of hydrogen-bond donors (Lipinski definition) is 1. The fourth-order valence-corrected chi connectivity index (χ4v) is 5.69. The van der Waals surface area contributed by atoms with Crippen LogP contribution in [0.2, 0.25) is 12.1 Å². The summed E-state index contributed by atoms with van der Waals surface area (Å²) >= 11 is 0. The van der Waals surface area contributed by atoms with Crippen LogP contribution in [0.5, 0.6) is 0 Å². The fourth-order valence-electron chi connectivity index (χ4n) is 2.47. The van der Waals surface area contributed by atoms with E-state index in [0.29, 0.717) is 9.79 Å². The molecular formula is C17H23NO2SSi. The zero-order chi connectivity index (χ0) is 15.8. The standard InChI is InChI=1S/C12H10O2S.C5H13NSi/c13-15(14,11-7-3-1-4-8-11)12-9-5-2-6-10-12;6-7-4-2-1-3-5-7/h1-10H;7H,1-6H2. The number of nitrogens with two attached hydrogens (primary N) is 1. The summed E-state index contributed by atoms with van der Waals surface area (Å²) < 4.78 is 24.1. The maximum absolute atomic E-state index is 12.0. The quantitative estimate of drug-likeness (QED) is 0.857. The van der Waals surface area contributed by atoms with Crippen molar-refractivity contribution in [2.75, 3.05) is 0 Å². The van der Waals surface area contributed by atoms with Gasteiger partial charge in [-0.25, -0.2) is 8.42 Å². The van der Waals surface area contributed by atoms with Gasteiger partial charge in [0.2, 0.25) is 9.84 Å². The Morgan fingerprint density at radius 1 is 0.727 bits per heavy atom. The van der Waals surface area contributed by atoms with Crippen LogP contribution in [0.15, 0.2) is 70.5 Å². The number of rotatable bonds is 2. The molecule has 0 saturated carbocycles. The van der Waals surface area contributed by atoms with Gasteiger partial charge in [-0.2, -0.15) is 0 Å². The molecule has 0 aromatic heterocycles. The first-order valence-corrected chi connectivity index (χ1v) is 11.5. The first-order chi connectivity index (χ1) is 10.6. The van der Waals surface area contributed by atoms with E-state index in [-0.39, 0.29) is 0 Å². The van der Waals surface area contributed by atoms with Gasteiger partial charge in [0.15, 0.2) is 0 Å². The van der Waals surface area contributed by atoms with Gasteiger partial charge in [-0.1, -0.05) is 55.7 Å². The summed E-state index contributed by atoms with van der Waals surface area (Å²) in [6.45, 7) is 0. The average molecular weight is 334 g/mol. The second-order valence-corrected chi connectivity index (χ2v) is 10.2. The molecule has 0 spiro atoms. The third kappa shape index (κ3) is 4.80. The first-order valence-electron chi connectivity index (χ1n) is 7.71. The Labute approximate surface area is 134 Å². The second kappa shape index (κ2) is 8.27. The smallest absolute Gasteiger partial charge is 0.206 e. The molecule has 0 atom stereocenters. The van der Waals surface area contributed by atoms with Gasteiger partial charge in [-0.15, -0.1) is 0 Å². The molecule has 1 saturated heterocycles. The molecule has 1 aliphatic heterocycles. The van der Waals surface area contributed by atoms with Gasteiger partial charge in [-0.3, -0.25) is 0 Å². The minimum atomic E-state index is -3.34. The molecular weight excluding hydrogens is 310 g/mol. The van der Waals surface area contributed by atoms with Crippen molar-refractivity contribution in [1.82, 2.24) is 0 Å². The molecule has 3 rings (SSSR count). The Bertz CT molecular complexity index is 608. The summed E-state index contributed by atoms with van der Waals surface area (Å²) in [5.41, 5.74) is 0. The highest BCUT2D eigenvalue weighted by atomic mass is 32.2. The Morgan fingerprint density at radius 2 is 1.14 bits per heavy atom. The van der Waals surface area contributed by atoms with Crippen molar-refractivity contribution < 1.29 is 8.42 Å². The van der Waals surface area contributed by atoms with Crippen LogP contribution in [0.4, 0.5) is 0 Å². The second-order valence-electron chi connectivity index (χ2n) is 5.53. The lowest BCUT2D eigenvalue weighted by atomic mass is 10.3. The maximum Gasteiger partial charge on any atom is 0.206 e. The van der Waals surface area contributed by atoms with E-state index in [1.165, 1.54) is 31.4 Å². The summed E-state index contributed by atoms with van der Waals surface area (Å²) in [6.07, 6.45) is 4.29. The number of hydrogen-bond acceptors (Lipinski definition) is 3. The molecule has 1 fully saturated rings. The molecule has 0 amide bonds. The lowest BCUT2D eigenvalue weighted by Gasteiger charge is -2.13. The Balaban J connectivity index is 0.000000211. The van der Waals surface area contributed by atoms with Crippen molar-refractivity contribution >= 4 is 18.8 Å². The van der Waals surface area contributed by atoms with Crippen LogP contribution in [-0.4, -0.2) is 17.4 Å². The highest BCUT2D eigenvalue weighted by Crippen LogP contribution is 2.19. The highest BCUT2D eigenvalue weighted by Gasteiger charge is 2.15. The Morgan fingerprint density at radius 3 is 1.45 bits per heavy atom. The van der Waals surface area contributed by atoms with Crippen LogP contribution in [0.25, 0.3) is 0 Å². The molecule has 0 radical (unpaired) electrons. The van der Waals surface area contributed by atoms with E-state index in [1.807, 2.05) is 0 Å². The Hall–Kier alpha value is -1.43. The van der Waals surface area contributed by atoms with Crippen molar-refractivity contribution in [2.24, 2.45) is 5.40 Å². The lowest BCUT2D eigenvalue weighted by molar-refractivity contribution is 0.596. The van der Waals surface area contributed by atoms with Gasteiger partial charge in [-0.05, 0) is 36.4 Å². The molecule has 1 heterocycles. The minimum absolute atomic E-state index is 0.330. The van der Waals surface area contributed by atoms with Crippen LogP contribution in [-0.2, 0) is 9.84 Å². The van der Waals surface area contributed by atoms with E-state index in [1.54, 1.807) is 60.7 Å². The highest BCUT2D eigenvalue weighted by molar-refractivity contribution is 7.91. The first kappa shape index (κ1) is 16.9. The third-order valence-electron chi connectivity index (χ3n) is 3.76. The summed E-state index contributed by atoms with van der Waals surface area (Å²) in [6, 6.07) is 19.7. The predicted molar refractivity (Wildman–Crippen MR) is 93.1 cm³/mol. The van der Waals surface area contributed by atoms with E-state index < -0.39 is 18.8 Å². The van der Waals surface area contributed by atoms with Gasteiger partial charge >= 0.3 is 0 Å². The van der Waals surface area contributed by atoms with Gasteiger partial charge < -0.3 is 5.40 Å². The lowest BCUT2D eigenvalue weighted by Crippen LogP contribution is -2.26. The topological polar surface area (TPSA) is 60.2 Å². The maximum atomic E-state index is 12.0. The fraction of sp³-hybridized carbons (Fsp3) is 0.294. The van der Waals surface area contributed by atoms with Crippen molar-refractivity contribution in [3.63, 3.8) is 0 Å². The van der Waals surface area contributed by atoms with Crippen LogP contribution in [0.1, 0.15) is 19.3 Å². The van der Waals surface area contributed by atoms with Gasteiger partial charge in [0.25, 0.3) is 0 Å². The molecule has 2 aromatic carbocycles. The molecule has 2 aromatic rings. The molecule has 0 bridgehead atoms. The molecule has 5 heteroatoms. The van der Waals surface area contributed by atoms with E-state index >= 15 is 0 Å². The SMILES string of the molecule is N[SiH]1CCCCC1.O=S(=O)(c1ccccc1)c1ccccc1. The average Bonchev–Trinajstić information content (AvgIpc) is 2.58. The van der Waals surface area contributed by atoms with Gasteiger partial charge in [0.05, 0.1) is 9.79 Å². The molecule has 0 unspecified atom stereocenters. The van der Waals surface area contributed by atoms with E-state index in [4.69, 9.17) is 5.40 Å². The summed E-state index contributed by atoms with van der Waals surface area (Å²) in [5, 5.41) is 5.77. The zero-order valence-corrected chi connectivity index (χ0v) is 14.7. The predicted octanol–water partition coefficient (Wildman–Crippen LogP) is 3.37. The normalized spacial score (nSPS) is 15.7. The molecule has 2 N–H and O–H groups in total. The third-order valence-corrected chi connectivity index (χ3v) is 7.84. The summed E-state index contributed by atoms with van der Waals surface area (Å²) in [4.78, 5) is 0.660. The minimum Gasteiger partial charge on any atom is -0.353 e. The molecule has 22 heavy (non-hydrogen) atoms. The summed E-state index contributed by atoms with van der Waals surface area (Å²) in [5.74, 6) is 0. The summed E-state index contributed by atoms with van der Waals surface area (Å²) in [7, 11) is -3.93. The van der Waals surface area contributed by atoms with E-state index in [2.05, 4.69) is 0 Å². The molecule has 0 aliphatic carbocycles. The van der Waals surface area contributed by atoms with Crippen molar-refractivity contribution in [2.45, 2.75) is 41.1 Å². The number of sulfone groups is 1. The Kier molecular flexibility index (Phi) is 6.36. The molecule has 3 nitrogen and oxygen atoms in total. The van der Waals surface area contributed by atoms with Gasteiger partial charge in [0.1, 0.15) is 8.96 Å². The molecule has 1 aliphatic rings. The van der Waals surface area contributed by atoms with Crippen LogP contribution >= 0.6 is 0 Å². The van der Waals surface area contributed by atoms with Crippen molar-refractivity contribution in [3.8, 4) is 0 Å². The van der Waals surface area contributed by atoms with Crippen LogP contribution in [0, 0.1) is 0 Å². The number of benzene rings is 2. The van der Waals surface area contributed by atoms with E-state index in [0.717, 1.165) is 0 Å². The zero-order valence-electron chi connectivity index (χ0n) is 12.7. The monoisotopic (exact) mass is 333 g/mol.